The summed E-state index contributed by atoms with van der Waals surface area (Å²) in [6.07, 6.45) is 0.536. The summed E-state index contributed by atoms with van der Waals surface area (Å²) in [6, 6.07) is 17.2. The van der Waals surface area contributed by atoms with Crippen LogP contribution in [0.3, 0.4) is 0 Å². The fourth-order valence-electron chi connectivity index (χ4n) is 4.16. The van der Waals surface area contributed by atoms with Crippen LogP contribution in [-0.4, -0.2) is 28.3 Å². The van der Waals surface area contributed by atoms with Gasteiger partial charge in [-0.2, -0.15) is 0 Å². The number of hydrogen-bond acceptors (Lipinski definition) is 3. The molecule has 3 aromatic rings. The van der Waals surface area contributed by atoms with Gasteiger partial charge in [0.25, 0.3) is 0 Å². The van der Waals surface area contributed by atoms with Crippen LogP contribution in [0.5, 0.6) is 0 Å². The number of ether oxygens (including phenoxy) is 1. The Bertz CT molecular complexity index is 1160. The highest BCUT2D eigenvalue weighted by atomic mass is 16.5. The molecule has 1 atom stereocenters. The zero-order chi connectivity index (χ0) is 22.4. The summed E-state index contributed by atoms with van der Waals surface area (Å²) in [5, 5.41) is 12.7. The van der Waals surface area contributed by atoms with E-state index in [2.05, 4.69) is 26.1 Å². The van der Waals surface area contributed by atoms with Crippen LogP contribution in [-0.2, 0) is 20.5 Å². The number of benzene rings is 2. The van der Waals surface area contributed by atoms with Crippen LogP contribution >= 0.6 is 0 Å². The van der Waals surface area contributed by atoms with Crippen molar-refractivity contribution in [3.63, 3.8) is 0 Å². The number of aromatic nitrogens is 1. The molecule has 2 aromatic carbocycles. The molecule has 6 nitrogen and oxygen atoms in total. The molecule has 1 unspecified atom stereocenters. The molecule has 1 amide bonds. The molecule has 0 saturated carbocycles. The van der Waals surface area contributed by atoms with Crippen LogP contribution in [0.25, 0.3) is 11.3 Å². The van der Waals surface area contributed by atoms with Gasteiger partial charge < -0.3 is 15.2 Å². The van der Waals surface area contributed by atoms with Crippen molar-refractivity contribution in [1.82, 2.24) is 4.57 Å². The second-order valence-electron chi connectivity index (χ2n) is 8.98. The number of anilines is 1. The lowest BCUT2D eigenvalue weighted by Crippen LogP contribution is -2.28. The van der Waals surface area contributed by atoms with Crippen LogP contribution in [0.4, 0.5) is 10.5 Å². The van der Waals surface area contributed by atoms with Gasteiger partial charge in [-0.3, -0.25) is 9.36 Å². The largest absolute Gasteiger partial charge is 0.464 e. The molecular formula is C25H26N2O4. The normalized spacial score (nSPS) is 18.8. The summed E-state index contributed by atoms with van der Waals surface area (Å²) < 4.78 is 7.38. The maximum atomic E-state index is 12.3. The van der Waals surface area contributed by atoms with Crippen molar-refractivity contribution < 1.29 is 19.4 Å². The summed E-state index contributed by atoms with van der Waals surface area (Å²) in [7, 11) is 0. The second-order valence-corrected chi connectivity index (χ2v) is 8.98. The molecule has 0 fully saturated rings. The number of nitrogens with zero attached hydrogens (tertiary/aromatic N) is 1. The van der Waals surface area contributed by atoms with Gasteiger partial charge in [0, 0.05) is 17.4 Å². The minimum atomic E-state index is -1.05. The Morgan fingerprint density at radius 1 is 1.13 bits per heavy atom. The van der Waals surface area contributed by atoms with Gasteiger partial charge in [0.2, 0.25) is 5.91 Å². The zero-order valence-electron chi connectivity index (χ0n) is 18.1. The Labute approximate surface area is 181 Å². The standard InChI is InChI=1S/C25H26N2O4/c1-24(2,3)18-12-13-27(23(29)30)22(18)16-10-11-20-19(14-16)25(4,31-15-21(28)26-20)17-8-6-5-7-9-17/h5-14H,15H2,1-4H3,(H,26,28)(H,29,30). The minimum Gasteiger partial charge on any atom is -0.464 e. The summed E-state index contributed by atoms with van der Waals surface area (Å²) in [5.41, 5.74) is 3.50. The van der Waals surface area contributed by atoms with Crippen LogP contribution in [0.15, 0.2) is 60.8 Å². The lowest BCUT2D eigenvalue weighted by atomic mass is 9.83. The Hall–Kier alpha value is -3.38. The minimum absolute atomic E-state index is 0.0752. The van der Waals surface area contributed by atoms with Gasteiger partial charge in [-0.05, 0) is 47.2 Å². The predicted octanol–water partition coefficient (Wildman–Crippen LogP) is 5.21. The lowest BCUT2D eigenvalue weighted by molar-refractivity contribution is -0.124. The molecule has 0 spiro atoms. The van der Waals surface area contributed by atoms with Crippen molar-refractivity contribution in [1.29, 1.82) is 0 Å². The van der Waals surface area contributed by atoms with Crippen molar-refractivity contribution in [3.05, 3.63) is 77.5 Å². The second kappa shape index (κ2) is 7.39. The van der Waals surface area contributed by atoms with Crippen molar-refractivity contribution in [2.75, 3.05) is 11.9 Å². The van der Waals surface area contributed by atoms with Gasteiger partial charge in [-0.25, -0.2) is 4.79 Å². The molecule has 1 aromatic heterocycles. The fraction of sp³-hybridized carbons (Fsp3) is 0.280. The van der Waals surface area contributed by atoms with E-state index in [9.17, 15) is 14.7 Å². The van der Waals surface area contributed by atoms with E-state index in [0.29, 0.717) is 11.4 Å². The van der Waals surface area contributed by atoms with E-state index < -0.39 is 11.7 Å². The van der Waals surface area contributed by atoms with Crippen molar-refractivity contribution in [3.8, 4) is 11.3 Å². The van der Waals surface area contributed by atoms with Gasteiger partial charge >= 0.3 is 6.09 Å². The maximum Gasteiger partial charge on any atom is 0.416 e. The third-order valence-corrected chi connectivity index (χ3v) is 5.80. The number of carbonyl (C=O) groups is 2. The van der Waals surface area contributed by atoms with E-state index in [1.165, 1.54) is 4.57 Å². The molecule has 0 bridgehead atoms. The zero-order valence-corrected chi connectivity index (χ0v) is 18.1. The molecule has 160 valence electrons. The lowest BCUT2D eigenvalue weighted by Gasteiger charge is -2.31. The Morgan fingerprint density at radius 2 is 1.84 bits per heavy atom. The average Bonchev–Trinajstić information content (AvgIpc) is 3.14. The van der Waals surface area contributed by atoms with E-state index in [1.54, 1.807) is 6.20 Å². The van der Waals surface area contributed by atoms with Crippen molar-refractivity contribution in [2.24, 2.45) is 0 Å². The summed E-state index contributed by atoms with van der Waals surface area (Å²) in [4.78, 5) is 24.2. The van der Waals surface area contributed by atoms with E-state index in [0.717, 1.165) is 22.3 Å². The quantitative estimate of drug-likeness (QED) is 0.599. The van der Waals surface area contributed by atoms with Gasteiger partial charge in [0.1, 0.15) is 12.2 Å². The molecule has 2 heterocycles. The van der Waals surface area contributed by atoms with E-state index in [4.69, 9.17) is 4.74 Å². The summed E-state index contributed by atoms with van der Waals surface area (Å²) >= 11 is 0. The first-order valence-electron chi connectivity index (χ1n) is 10.2. The van der Waals surface area contributed by atoms with Gasteiger partial charge in [-0.1, -0.05) is 57.2 Å². The molecule has 2 N–H and O–H groups in total. The van der Waals surface area contributed by atoms with Crippen LogP contribution in [0.2, 0.25) is 0 Å². The maximum absolute atomic E-state index is 12.3. The Balaban J connectivity index is 1.98. The molecule has 1 aliphatic rings. The number of amides is 1. The Morgan fingerprint density at radius 3 is 2.48 bits per heavy atom. The van der Waals surface area contributed by atoms with Crippen LogP contribution in [0, 0.1) is 0 Å². The molecular weight excluding hydrogens is 392 g/mol. The first-order chi connectivity index (χ1) is 14.6. The van der Waals surface area contributed by atoms with E-state index in [-0.39, 0.29) is 17.9 Å². The highest BCUT2D eigenvalue weighted by Gasteiger charge is 2.36. The van der Waals surface area contributed by atoms with E-state index >= 15 is 0 Å². The number of carboxylic acid groups (broad SMARTS) is 1. The number of fused-ring (bicyclic) bond motifs is 1. The Kier molecular flexibility index (Phi) is 4.98. The van der Waals surface area contributed by atoms with Gasteiger partial charge in [0.05, 0.1) is 5.69 Å². The predicted molar refractivity (Wildman–Crippen MR) is 119 cm³/mol. The molecule has 6 heteroatoms. The smallest absolute Gasteiger partial charge is 0.416 e. The fourth-order valence-corrected chi connectivity index (χ4v) is 4.16. The monoisotopic (exact) mass is 418 g/mol. The van der Waals surface area contributed by atoms with Crippen LogP contribution < -0.4 is 5.32 Å². The SMILES string of the molecule is CC(C)(C)c1ccn(C(=O)O)c1-c1ccc2c(c1)C(C)(c1ccccc1)OCC(=O)N2. The number of hydrogen-bond donors (Lipinski definition) is 2. The summed E-state index contributed by atoms with van der Waals surface area (Å²) in [6.45, 7) is 8.02. The molecule has 0 aliphatic carbocycles. The third-order valence-electron chi connectivity index (χ3n) is 5.80. The first kappa shape index (κ1) is 20.9. The summed E-state index contributed by atoms with van der Waals surface area (Å²) in [5.74, 6) is -0.224. The van der Waals surface area contributed by atoms with Gasteiger partial charge in [-0.15, -0.1) is 0 Å². The van der Waals surface area contributed by atoms with Crippen molar-refractivity contribution in [2.45, 2.75) is 38.7 Å². The number of rotatable bonds is 2. The van der Waals surface area contributed by atoms with Crippen molar-refractivity contribution >= 4 is 17.7 Å². The molecule has 0 saturated heterocycles. The average molecular weight is 418 g/mol. The highest BCUT2D eigenvalue weighted by molar-refractivity contribution is 5.94. The van der Waals surface area contributed by atoms with Gasteiger partial charge in [0.15, 0.2) is 0 Å². The molecule has 1 aliphatic heterocycles. The third kappa shape index (κ3) is 3.64. The first-order valence-corrected chi connectivity index (χ1v) is 10.2. The van der Waals surface area contributed by atoms with E-state index in [1.807, 2.05) is 61.5 Å². The molecule has 4 rings (SSSR count). The number of carbonyl (C=O) groups excluding carboxylic acids is 1. The van der Waals surface area contributed by atoms with Crippen LogP contribution in [0.1, 0.15) is 44.4 Å². The topological polar surface area (TPSA) is 80.6 Å². The molecule has 0 radical (unpaired) electrons. The molecule has 31 heavy (non-hydrogen) atoms. The highest BCUT2D eigenvalue weighted by Crippen LogP contribution is 2.42. The number of nitrogens with one attached hydrogen (secondary N) is 1.